The highest BCUT2D eigenvalue weighted by atomic mass is 35.5. The fraction of sp³-hybridized carbons (Fsp3) is 0.385. The van der Waals surface area contributed by atoms with Crippen molar-refractivity contribution in [3.63, 3.8) is 0 Å². The van der Waals surface area contributed by atoms with Crippen LogP contribution in [0.15, 0.2) is 12.1 Å². The molecule has 1 aromatic rings. The number of benzene rings is 1. The molecule has 0 radical (unpaired) electrons. The zero-order valence-corrected chi connectivity index (χ0v) is 15.4. The maximum absolute atomic E-state index is 12.3. The Bertz CT molecular complexity index is 722. The zero-order chi connectivity index (χ0) is 17.8. The summed E-state index contributed by atoms with van der Waals surface area (Å²) in [4.78, 5) is 23.5. The van der Waals surface area contributed by atoms with Gasteiger partial charge in [0.05, 0.1) is 26.5 Å². The molecule has 1 unspecified atom stereocenters. The summed E-state index contributed by atoms with van der Waals surface area (Å²) in [7, 11) is -3.28. The van der Waals surface area contributed by atoms with Crippen LogP contribution in [-0.2, 0) is 19.4 Å². The van der Waals surface area contributed by atoms with Gasteiger partial charge in [-0.25, -0.2) is 8.42 Å². The second kappa shape index (κ2) is 8.19. The molecule has 2 amide bonds. The number of sulfone groups is 1. The number of anilines is 1. The molecule has 1 atom stereocenters. The fourth-order valence-corrected chi connectivity index (χ4v) is 2.94. The summed E-state index contributed by atoms with van der Waals surface area (Å²) in [6, 6.07) is 1.71. The maximum atomic E-state index is 12.3. The van der Waals surface area contributed by atoms with Crippen LogP contribution in [0.5, 0.6) is 0 Å². The van der Waals surface area contributed by atoms with Crippen molar-refractivity contribution in [1.82, 2.24) is 5.32 Å². The van der Waals surface area contributed by atoms with Gasteiger partial charge in [-0.3, -0.25) is 9.59 Å². The molecular weight excluding hydrogens is 387 g/mol. The Morgan fingerprint density at radius 3 is 2.22 bits per heavy atom. The molecule has 6 nitrogen and oxygen atoms in total. The predicted octanol–water partition coefficient (Wildman–Crippen LogP) is 2.52. The van der Waals surface area contributed by atoms with Gasteiger partial charge in [0.15, 0.2) is 0 Å². The molecule has 0 spiro atoms. The molecule has 23 heavy (non-hydrogen) atoms. The van der Waals surface area contributed by atoms with Gasteiger partial charge >= 0.3 is 0 Å². The van der Waals surface area contributed by atoms with E-state index >= 15 is 0 Å². The van der Waals surface area contributed by atoms with Crippen LogP contribution in [0.2, 0.25) is 15.1 Å². The topological polar surface area (TPSA) is 92.3 Å². The quantitative estimate of drug-likeness (QED) is 0.716. The molecule has 0 fully saturated rings. The minimum absolute atomic E-state index is 0.0663. The second-order valence-corrected chi connectivity index (χ2v) is 8.39. The van der Waals surface area contributed by atoms with Gasteiger partial charge in [-0.1, -0.05) is 34.8 Å². The summed E-state index contributed by atoms with van der Waals surface area (Å²) < 4.78 is 22.5. The number of hydrogen-bond acceptors (Lipinski definition) is 4. The second-order valence-electron chi connectivity index (χ2n) is 4.91. The third-order valence-electron chi connectivity index (χ3n) is 2.74. The Morgan fingerprint density at radius 1 is 1.13 bits per heavy atom. The van der Waals surface area contributed by atoms with E-state index < -0.39 is 27.7 Å². The normalized spacial score (nSPS) is 12.6. The fourth-order valence-electron chi connectivity index (χ4n) is 1.68. The van der Waals surface area contributed by atoms with Crippen LogP contribution in [-0.4, -0.2) is 38.3 Å². The first kappa shape index (κ1) is 20.0. The summed E-state index contributed by atoms with van der Waals surface area (Å²) in [5.74, 6) is -1.32. The lowest BCUT2D eigenvalue weighted by Crippen LogP contribution is -2.44. The van der Waals surface area contributed by atoms with Crippen molar-refractivity contribution >= 4 is 62.1 Å². The van der Waals surface area contributed by atoms with Gasteiger partial charge < -0.3 is 10.6 Å². The van der Waals surface area contributed by atoms with Crippen LogP contribution in [0.25, 0.3) is 0 Å². The molecule has 0 aliphatic rings. The number of carbonyl (C=O) groups is 2. The number of halogens is 3. The molecule has 0 saturated carbocycles. The van der Waals surface area contributed by atoms with Gasteiger partial charge in [-0.05, 0) is 18.6 Å². The molecule has 0 saturated heterocycles. The van der Waals surface area contributed by atoms with E-state index in [2.05, 4.69) is 10.6 Å². The number of amides is 2. The predicted molar refractivity (Wildman–Crippen MR) is 92.0 cm³/mol. The third kappa shape index (κ3) is 6.95. The van der Waals surface area contributed by atoms with Crippen LogP contribution >= 0.6 is 34.8 Å². The minimum Gasteiger partial charge on any atom is -0.345 e. The first-order chi connectivity index (χ1) is 10.5. The molecule has 1 aromatic carbocycles. The molecular formula is C13H15Cl3N2O4S. The van der Waals surface area contributed by atoms with Crippen molar-refractivity contribution in [2.75, 3.05) is 17.3 Å². The summed E-state index contributed by atoms with van der Waals surface area (Å²) >= 11 is 17.6. The van der Waals surface area contributed by atoms with E-state index in [0.29, 0.717) is 0 Å². The van der Waals surface area contributed by atoms with Gasteiger partial charge in [-0.2, -0.15) is 0 Å². The lowest BCUT2D eigenvalue weighted by atomic mass is 10.2. The maximum Gasteiger partial charge on any atom is 0.247 e. The van der Waals surface area contributed by atoms with Gasteiger partial charge in [0.25, 0.3) is 0 Å². The van der Waals surface area contributed by atoms with Crippen LogP contribution in [0.3, 0.4) is 0 Å². The number of hydrogen-bond donors (Lipinski definition) is 2. The number of nitrogens with one attached hydrogen (secondary N) is 2. The minimum atomic E-state index is -3.28. The van der Waals surface area contributed by atoms with E-state index in [1.54, 1.807) is 0 Å². The molecule has 2 N–H and O–H groups in total. The van der Waals surface area contributed by atoms with Crippen molar-refractivity contribution in [1.29, 1.82) is 0 Å². The van der Waals surface area contributed by atoms with Crippen LogP contribution in [0.1, 0.15) is 13.3 Å². The van der Waals surface area contributed by atoms with Crippen molar-refractivity contribution in [3.8, 4) is 0 Å². The van der Waals surface area contributed by atoms with E-state index in [4.69, 9.17) is 34.8 Å². The molecule has 0 aliphatic heterocycles. The molecule has 0 heterocycles. The van der Waals surface area contributed by atoms with Gasteiger partial charge in [-0.15, -0.1) is 0 Å². The van der Waals surface area contributed by atoms with E-state index in [9.17, 15) is 18.0 Å². The Labute approximate surface area is 149 Å². The lowest BCUT2D eigenvalue weighted by Gasteiger charge is -2.18. The summed E-state index contributed by atoms with van der Waals surface area (Å²) in [5.41, 5.74) is 0.209. The van der Waals surface area contributed by atoms with Gasteiger partial charge in [0.1, 0.15) is 15.9 Å². The number of carbonyl (C=O) groups excluding carboxylic acids is 2. The SMILES string of the molecule is CC(=O)NC(CCS(C)(=O)=O)C(=O)Nc1cc(Cl)c(Cl)cc1Cl. The van der Waals surface area contributed by atoms with Crippen molar-refractivity contribution in [3.05, 3.63) is 27.2 Å². The summed E-state index contributed by atoms with van der Waals surface area (Å²) in [5, 5.41) is 5.48. The molecule has 0 aliphatic carbocycles. The molecule has 1 rings (SSSR count). The van der Waals surface area contributed by atoms with Crippen LogP contribution in [0.4, 0.5) is 5.69 Å². The Hall–Kier alpha value is -1.02. The first-order valence-corrected chi connectivity index (χ1v) is 9.59. The Morgan fingerprint density at radius 2 is 1.70 bits per heavy atom. The van der Waals surface area contributed by atoms with Crippen molar-refractivity contribution in [2.45, 2.75) is 19.4 Å². The highest BCUT2D eigenvalue weighted by Gasteiger charge is 2.22. The average molecular weight is 402 g/mol. The largest absolute Gasteiger partial charge is 0.345 e. The zero-order valence-electron chi connectivity index (χ0n) is 12.3. The monoisotopic (exact) mass is 400 g/mol. The van der Waals surface area contributed by atoms with E-state index in [-0.39, 0.29) is 32.9 Å². The molecule has 128 valence electrons. The van der Waals surface area contributed by atoms with E-state index in [0.717, 1.165) is 6.26 Å². The van der Waals surface area contributed by atoms with Crippen molar-refractivity contribution in [2.24, 2.45) is 0 Å². The molecule has 0 bridgehead atoms. The van der Waals surface area contributed by atoms with E-state index in [1.807, 2.05) is 0 Å². The van der Waals surface area contributed by atoms with Gasteiger partial charge in [0.2, 0.25) is 11.8 Å². The van der Waals surface area contributed by atoms with Crippen LogP contribution in [0, 0.1) is 0 Å². The summed E-state index contributed by atoms with van der Waals surface area (Å²) in [6.45, 7) is 1.23. The van der Waals surface area contributed by atoms with Gasteiger partial charge in [0, 0.05) is 13.2 Å². The standard InChI is InChI=1S/C13H15Cl3N2O4S/c1-7(19)17-11(3-4-23(2,21)22)13(20)18-12-6-9(15)8(14)5-10(12)16/h5-6,11H,3-4H2,1-2H3,(H,17,19)(H,18,20). The van der Waals surface area contributed by atoms with Crippen LogP contribution < -0.4 is 10.6 Å². The Kier molecular flexibility index (Phi) is 7.13. The summed E-state index contributed by atoms with van der Waals surface area (Å²) in [6.07, 6.45) is 0.981. The third-order valence-corrected chi connectivity index (χ3v) is 4.75. The first-order valence-electron chi connectivity index (χ1n) is 6.40. The lowest BCUT2D eigenvalue weighted by molar-refractivity contribution is -0.125. The molecule has 10 heteroatoms. The highest BCUT2D eigenvalue weighted by Crippen LogP contribution is 2.32. The van der Waals surface area contributed by atoms with Crippen molar-refractivity contribution < 1.29 is 18.0 Å². The number of rotatable bonds is 6. The average Bonchev–Trinajstić information content (AvgIpc) is 2.39. The Balaban J connectivity index is 2.92. The van der Waals surface area contributed by atoms with E-state index in [1.165, 1.54) is 19.1 Å². The smallest absolute Gasteiger partial charge is 0.247 e. The molecule has 0 aromatic heterocycles. The highest BCUT2D eigenvalue weighted by molar-refractivity contribution is 7.90.